The number of carbonyl (C=O) groups is 3. The van der Waals surface area contributed by atoms with E-state index in [0.717, 1.165) is 6.54 Å². The van der Waals surface area contributed by atoms with Gasteiger partial charge in [-0.3, -0.25) is 24.3 Å². The molecule has 0 saturated carbocycles. The third-order valence-corrected chi connectivity index (χ3v) is 13.9. The zero-order valence-electron chi connectivity index (χ0n) is 43.4. The predicted molar refractivity (Wildman–Crippen MR) is 264 cm³/mol. The van der Waals surface area contributed by atoms with Crippen molar-refractivity contribution in [2.45, 2.75) is 152 Å². The number of piperazine rings is 1. The van der Waals surface area contributed by atoms with Gasteiger partial charge in [-0.2, -0.15) is 5.10 Å². The Bertz CT molecular complexity index is 2170. The summed E-state index contributed by atoms with van der Waals surface area (Å²) in [6.07, 6.45) is 3.68. The van der Waals surface area contributed by atoms with Crippen LogP contribution in [-0.4, -0.2) is 145 Å². The fourth-order valence-corrected chi connectivity index (χ4v) is 10.1. The quantitative estimate of drug-likeness (QED) is 0.0524. The van der Waals surface area contributed by atoms with Crippen molar-refractivity contribution in [1.29, 1.82) is 0 Å². The summed E-state index contributed by atoms with van der Waals surface area (Å²) in [5, 5.41) is 45.2. The van der Waals surface area contributed by atoms with E-state index in [1.807, 2.05) is 53.5 Å². The maximum atomic E-state index is 14.7. The first-order valence-corrected chi connectivity index (χ1v) is 24.8. The number of nitrogens with zero attached hydrogens (tertiary/aromatic N) is 3. The molecule has 6 rings (SSSR count). The highest BCUT2D eigenvalue weighted by Gasteiger charge is 2.50. The number of methoxy groups -OCH3 is 1. The van der Waals surface area contributed by atoms with Gasteiger partial charge in [0.25, 0.3) is 5.78 Å². The molecule has 0 aliphatic carbocycles. The van der Waals surface area contributed by atoms with Crippen LogP contribution in [0.15, 0.2) is 17.4 Å². The Kier molecular flexibility index (Phi) is 19.2. The van der Waals surface area contributed by atoms with Gasteiger partial charge < -0.3 is 53.8 Å². The van der Waals surface area contributed by atoms with Gasteiger partial charge in [-0.05, 0) is 66.4 Å². The number of ether oxygens (including phenoxy) is 7. The van der Waals surface area contributed by atoms with Crippen LogP contribution in [0.1, 0.15) is 124 Å². The van der Waals surface area contributed by atoms with Crippen molar-refractivity contribution in [3.63, 3.8) is 0 Å². The van der Waals surface area contributed by atoms with Gasteiger partial charge in [0.2, 0.25) is 5.91 Å². The van der Waals surface area contributed by atoms with Crippen LogP contribution in [0, 0.1) is 36.5 Å². The average molecular weight is 969 g/mol. The normalized spacial score (nSPS) is 29.5. The standard InChI is InChI=1S/C52H80N4O13/c1-15-64-26-24-55-20-22-56(23-21-55)53-27-37-42-45(60)40-39(44(37)59)41-49(33(9)43(40)58)69-52(13,50(41)61)65-25-19-38(63-14)32(8)47(68-36(12)57)35(11)48(67-29(4)5)34(10)46(66-28(2)3)30(6)17-16-18-31(7)51(62)54-42/h19,25,27-32,34-35,38,46-48,58-60H,15-18,20-24,26H2,1-14H3,(H,54,62)/b25-19+,53-27+/t30-,31?,32-,34-,35-,38+,46-,47-,48+,52+/m1/s1. The molecule has 4 heterocycles. The molecule has 4 aliphatic rings. The molecule has 17 heteroatoms. The monoisotopic (exact) mass is 969 g/mol. The van der Waals surface area contributed by atoms with Crippen molar-refractivity contribution in [3.05, 3.63) is 29.0 Å². The number of carbonyl (C=O) groups excluding carboxylic acids is 3. The highest BCUT2D eigenvalue weighted by molar-refractivity contribution is 6.23. The maximum Gasteiger partial charge on any atom is 0.312 e. The molecule has 5 bridgehead atoms. The second-order valence-electron chi connectivity index (χ2n) is 19.9. The molecule has 386 valence electrons. The molecule has 0 spiro atoms. The first-order valence-electron chi connectivity index (χ1n) is 24.8. The van der Waals surface area contributed by atoms with Crippen LogP contribution >= 0.6 is 0 Å². The number of benzene rings is 2. The summed E-state index contributed by atoms with van der Waals surface area (Å²) in [4.78, 5) is 44.0. The minimum Gasteiger partial charge on any atom is -0.507 e. The van der Waals surface area contributed by atoms with Crippen LogP contribution in [0.4, 0.5) is 5.69 Å². The molecule has 4 N–H and O–H groups in total. The number of fused-ring (bicyclic) bond motifs is 16. The minimum atomic E-state index is -2.02. The van der Waals surface area contributed by atoms with E-state index in [0.29, 0.717) is 58.7 Å². The molecule has 2 aromatic rings. The van der Waals surface area contributed by atoms with Gasteiger partial charge in [0, 0.05) is 94.9 Å². The van der Waals surface area contributed by atoms with E-state index in [1.54, 1.807) is 13.0 Å². The van der Waals surface area contributed by atoms with E-state index in [1.165, 1.54) is 40.4 Å². The lowest BCUT2D eigenvalue weighted by molar-refractivity contribution is -0.172. The molecule has 1 amide bonds. The number of hydrogen-bond donors (Lipinski definition) is 4. The summed E-state index contributed by atoms with van der Waals surface area (Å²) < 4.78 is 43.5. The largest absolute Gasteiger partial charge is 0.507 e. The number of aromatic hydroxyl groups is 3. The minimum absolute atomic E-state index is 0.0138. The maximum absolute atomic E-state index is 14.7. The van der Waals surface area contributed by atoms with Crippen LogP contribution < -0.4 is 10.1 Å². The molecule has 1 fully saturated rings. The molecule has 0 aromatic heterocycles. The number of nitrogens with one attached hydrogen (secondary N) is 1. The van der Waals surface area contributed by atoms with Gasteiger partial charge in [0.1, 0.15) is 23.4 Å². The number of anilines is 1. The second-order valence-corrected chi connectivity index (χ2v) is 19.9. The van der Waals surface area contributed by atoms with E-state index in [4.69, 9.17) is 38.3 Å². The zero-order chi connectivity index (χ0) is 51.1. The van der Waals surface area contributed by atoms with Crippen molar-refractivity contribution in [1.82, 2.24) is 9.91 Å². The van der Waals surface area contributed by atoms with Crippen molar-refractivity contribution < 1.29 is 62.9 Å². The molecular formula is C52H80N4O13. The van der Waals surface area contributed by atoms with E-state index >= 15 is 0 Å². The Balaban J connectivity index is 1.65. The van der Waals surface area contributed by atoms with E-state index in [2.05, 4.69) is 24.1 Å². The van der Waals surface area contributed by atoms with Gasteiger partial charge in [-0.1, -0.05) is 41.0 Å². The number of esters is 1. The summed E-state index contributed by atoms with van der Waals surface area (Å²) in [5.41, 5.74) is -0.274. The number of ketones is 1. The highest BCUT2D eigenvalue weighted by atomic mass is 16.7. The molecule has 2 aromatic carbocycles. The van der Waals surface area contributed by atoms with Gasteiger partial charge in [-0.25, -0.2) is 0 Å². The fourth-order valence-electron chi connectivity index (χ4n) is 10.1. The van der Waals surface area contributed by atoms with Crippen molar-refractivity contribution in [2.75, 3.05) is 58.4 Å². The topological polar surface area (TPSA) is 207 Å². The lowest BCUT2D eigenvalue weighted by Crippen LogP contribution is -2.49. The fraction of sp³-hybridized carbons (Fsp3) is 0.692. The Labute approximate surface area is 408 Å². The Morgan fingerprint density at radius 3 is 2.16 bits per heavy atom. The molecule has 1 saturated heterocycles. The SMILES string of the molecule is CCOCCN1CCN(/N=C/c2c3c(O)c4c(O)c(C)c5c(c4c2O)C(=O)[C@@](C)(O/C=C/[C@H](OC)[C@@H](C)[C@@H](OC(C)=O)[C@@H](C)[C@@H](OC(C)C)[C@H](C)[C@H](OC(C)C)[C@H](C)CCCC(C)C(=O)N3)O5)CC1. The Morgan fingerprint density at radius 1 is 0.913 bits per heavy atom. The van der Waals surface area contributed by atoms with Crippen molar-refractivity contribution in [2.24, 2.45) is 34.7 Å². The summed E-state index contributed by atoms with van der Waals surface area (Å²) in [5.74, 6) is -6.79. The third-order valence-electron chi connectivity index (χ3n) is 13.9. The van der Waals surface area contributed by atoms with Crippen LogP contribution in [0.3, 0.4) is 0 Å². The number of phenols is 3. The summed E-state index contributed by atoms with van der Waals surface area (Å²) >= 11 is 0. The van der Waals surface area contributed by atoms with Crippen LogP contribution in [0.5, 0.6) is 23.0 Å². The van der Waals surface area contributed by atoms with Gasteiger partial charge in [-0.15, -0.1) is 0 Å². The third kappa shape index (κ3) is 12.6. The molecular weight excluding hydrogens is 889 g/mol. The van der Waals surface area contributed by atoms with Gasteiger partial charge in [0.15, 0.2) is 5.75 Å². The number of hydrogen-bond acceptors (Lipinski definition) is 16. The Hall–Kier alpha value is -4.68. The van der Waals surface area contributed by atoms with Crippen molar-refractivity contribution >= 4 is 40.3 Å². The van der Waals surface area contributed by atoms with Crippen LogP contribution in [-0.2, 0) is 38.0 Å². The molecule has 17 nitrogen and oxygen atoms in total. The van der Waals surface area contributed by atoms with E-state index in [-0.39, 0.29) is 75.0 Å². The number of hydrazone groups is 1. The summed E-state index contributed by atoms with van der Waals surface area (Å²) in [7, 11) is 1.53. The van der Waals surface area contributed by atoms with Gasteiger partial charge in [0.05, 0.1) is 71.8 Å². The number of phenolic OH excluding ortho intramolecular Hbond substituents is 3. The first kappa shape index (κ1) is 55.2. The molecule has 1 unspecified atom stereocenters. The zero-order valence-corrected chi connectivity index (χ0v) is 43.4. The second kappa shape index (κ2) is 24.0. The molecule has 4 aliphatic heterocycles. The lowest BCUT2D eigenvalue weighted by atomic mass is 9.77. The molecule has 0 radical (unpaired) electrons. The molecule has 69 heavy (non-hydrogen) atoms. The highest BCUT2D eigenvalue weighted by Crippen LogP contribution is 2.55. The lowest BCUT2D eigenvalue weighted by Gasteiger charge is -2.42. The average Bonchev–Trinajstić information content (AvgIpc) is 3.56. The van der Waals surface area contributed by atoms with Crippen LogP contribution in [0.2, 0.25) is 0 Å². The van der Waals surface area contributed by atoms with Gasteiger partial charge >= 0.3 is 11.8 Å². The first-order chi connectivity index (χ1) is 32.6. The van der Waals surface area contributed by atoms with Crippen LogP contribution in [0.25, 0.3) is 10.8 Å². The Morgan fingerprint density at radius 2 is 1.55 bits per heavy atom. The van der Waals surface area contributed by atoms with Crippen molar-refractivity contribution in [3.8, 4) is 23.0 Å². The summed E-state index contributed by atoms with van der Waals surface area (Å²) in [6.45, 7) is 28.7. The summed E-state index contributed by atoms with van der Waals surface area (Å²) in [6, 6.07) is 0. The van der Waals surface area contributed by atoms with E-state index < -0.39 is 70.8 Å². The molecule has 10 atom stereocenters. The smallest absolute Gasteiger partial charge is 0.312 e. The number of rotatable bonds is 12. The van der Waals surface area contributed by atoms with E-state index in [9.17, 15) is 29.7 Å². The number of Topliss-reactive ketones (excluding diaryl/α,β-unsaturated/α-hetero) is 1. The predicted octanol–water partition coefficient (Wildman–Crippen LogP) is 7.91. The number of amides is 1.